The lowest BCUT2D eigenvalue weighted by Crippen LogP contribution is -2.31. The summed E-state index contributed by atoms with van der Waals surface area (Å²) in [5.41, 5.74) is 0. The van der Waals surface area contributed by atoms with Crippen molar-refractivity contribution in [2.24, 2.45) is 0 Å². The molecule has 6 nitrogen and oxygen atoms in total. The molecule has 0 saturated carbocycles. The molecule has 0 rings (SSSR count). The lowest BCUT2D eigenvalue weighted by atomic mass is 10.1. The average Bonchev–Trinajstić information content (AvgIpc) is 3.05. The molecule has 270 valence electrons. The van der Waals surface area contributed by atoms with Crippen LogP contribution in [0.15, 0.2) is 0 Å². The summed E-state index contributed by atoms with van der Waals surface area (Å²) in [5, 5.41) is 6.53. The summed E-state index contributed by atoms with van der Waals surface area (Å²) >= 11 is 0. The molecule has 1 atom stereocenters. The van der Waals surface area contributed by atoms with Gasteiger partial charge in [-0.25, -0.2) is 0 Å². The highest BCUT2D eigenvalue weighted by Crippen LogP contribution is 2.13. The van der Waals surface area contributed by atoms with Gasteiger partial charge < -0.3 is 24.8 Å². The van der Waals surface area contributed by atoms with Crippen LogP contribution >= 0.6 is 0 Å². The molecule has 0 spiro atoms. The minimum Gasteiger partial charge on any atom is -0.462 e. The number of esters is 1. The van der Waals surface area contributed by atoms with Gasteiger partial charge in [0, 0.05) is 13.2 Å². The highest BCUT2D eigenvalue weighted by Gasteiger charge is 2.13. The van der Waals surface area contributed by atoms with Gasteiger partial charge in [0.25, 0.3) is 0 Å². The van der Waals surface area contributed by atoms with Crippen LogP contribution in [0.25, 0.3) is 0 Å². The largest absolute Gasteiger partial charge is 0.462 e. The molecular weight excluding hydrogens is 560 g/mol. The van der Waals surface area contributed by atoms with Crippen molar-refractivity contribution in [2.45, 2.75) is 194 Å². The molecule has 0 radical (unpaired) electrons. The second kappa shape index (κ2) is 39.5. The second-order valence-electron chi connectivity index (χ2n) is 13.3. The van der Waals surface area contributed by atoms with E-state index >= 15 is 0 Å². The number of ether oxygens (including phenoxy) is 3. The van der Waals surface area contributed by atoms with Crippen LogP contribution in [0, 0.1) is 0 Å². The summed E-state index contributed by atoms with van der Waals surface area (Å²) in [6.07, 6.45) is 34.1. The monoisotopic (exact) mass is 641 g/mol. The van der Waals surface area contributed by atoms with Crippen LogP contribution in [0.2, 0.25) is 0 Å². The fraction of sp³-hybridized carbons (Fsp3) is 0.974. The summed E-state index contributed by atoms with van der Waals surface area (Å²) in [6, 6.07) is 0. The number of hydrogen-bond acceptors (Lipinski definition) is 6. The molecule has 1 unspecified atom stereocenters. The van der Waals surface area contributed by atoms with Crippen molar-refractivity contribution in [3.63, 3.8) is 0 Å². The van der Waals surface area contributed by atoms with Crippen molar-refractivity contribution >= 4 is 5.97 Å². The summed E-state index contributed by atoms with van der Waals surface area (Å²) < 4.78 is 17.7. The zero-order chi connectivity index (χ0) is 32.7. The van der Waals surface area contributed by atoms with Gasteiger partial charge in [0.1, 0.15) is 12.7 Å². The number of carbonyl (C=O) groups is 1. The minimum absolute atomic E-state index is 0.181. The highest BCUT2D eigenvalue weighted by molar-refractivity contribution is 5.71. The van der Waals surface area contributed by atoms with E-state index in [1.54, 1.807) is 0 Å². The Hall–Kier alpha value is -0.690. The van der Waals surface area contributed by atoms with Gasteiger partial charge in [-0.2, -0.15) is 0 Å². The van der Waals surface area contributed by atoms with Gasteiger partial charge in [-0.3, -0.25) is 4.79 Å². The molecule has 2 N–H and O–H groups in total. The smallest absolute Gasteiger partial charge is 0.320 e. The van der Waals surface area contributed by atoms with E-state index in [4.69, 9.17) is 14.2 Å². The third kappa shape index (κ3) is 37.6. The van der Waals surface area contributed by atoms with Crippen LogP contribution in [0.3, 0.4) is 0 Å². The van der Waals surface area contributed by atoms with Crippen molar-refractivity contribution in [2.75, 3.05) is 52.6 Å². The Morgan fingerprint density at radius 2 is 0.911 bits per heavy atom. The Labute approximate surface area is 281 Å². The lowest BCUT2D eigenvalue weighted by molar-refractivity contribution is -0.148. The molecule has 0 heterocycles. The maximum atomic E-state index is 12.3. The van der Waals surface area contributed by atoms with Crippen LogP contribution < -0.4 is 10.6 Å². The number of carbonyl (C=O) groups excluding carboxylic acids is 1. The number of unbranched alkanes of at least 4 members (excludes halogenated alkanes) is 23. The number of nitrogens with one attached hydrogen (secondary N) is 2. The van der Waals surface area contributed by atoms with Gasteiger partial charge in [0.2, 0.25) is 0 Å². The molecule has 0 bridgehead atoms. The topological polar surface area (TPSA) is 68.8 Å². The van der Waals surface area contributed by atoms with Crippen molar-refractivity contribution in [1.82, 2.24) is 10.6 Å². The first kappa shape index (κ1) is 44.3. The normalized spacial score (nSPS) is 12.2. The summed E-state index contributed by atoms with van der Waals surface area (Å²) in [4.78, 5) is 12.3. The van der Waals surface area contributed by atoms with Gasteiger partial charge in [0.05, 0.1) is 13.2 Å². The molecule has 0 saturated heterocycles. The summed E-state index contributed by atoms with van der Waals surface area (Å²) in [5.74, 6) is -0.207. The molecule has 0 aromatic rings. The van der Waals surface area contributed by atoms with E-state index in [1.807, 2.05) is 0 Å². The maximum absolute atomic E-state index is 12.3. The molecule has 0 aromatic carbocycles. The number of rotatable bonds is 39. The molecule has 0 aromatic heterocycles. The predicted octanol–water partition coefficient (Wildman–Crippen LogP) is 10.3. The quantitative estimate of drug-likeness (QED) is 0.0515. The molecule has 0 aliphatic heterocycles. The van der Waals surface area contributed by atoms with Crippen LogP contribution in [0.1, 0.15) is 188 Å². The average molecular weight is 641 g/mol. The lowest BCUT2D eigenvalue weighted by Gasteiger charge is -2.18. The zero-order valence-corrected chi connectivity index (χ0v) is 30.8. The fourth-order valence-corrected chi connectivity index (χ4v) is 5.70. The van der Waals surface area contributed by atoms with Crippen molar-refractivity contribution < 1.29 is 19.0 Å². The number of hydrogen-bond donors (Lipinski definition) is 2. The Morgan fingerprint density at radius 3 is 1.38 bits per heavy atom. The highest BCUT2D eigenvalue weighted by atomic mass is 16.6. The molecule has 0 amide bonds. The fourth-order valence-electron chi connectivity index (χ4n) is 5.70. The Balaban J connectivity index is 4.01. The van der Waals surface area contributed by atoms with Crippen LogP contribution in [0.5, 0.6) is 0 Å². The SMILES string of the molecule is CCCCCCCCCCCCCCOCC(COC(=O)CNCCCCNCC)OCCCCCCCCCCCCCC. The third-order valence-corrected chi connectivity index (χ3v) is 8.70. The van der Waals surface area contributed by atoms with Gasteiger partial charge in [-0.15, -0.1) is 0 Å². The van der Waals surface area contributed by atoms with E-state index in [1.165, 1.54) is 141 Å². The molecular formula is C39H80N2O4. The molecule has 6 heteroatoms. The molecule has 45 heavy (non-hydrogen) atoms. The standard InChI is InChI=1S/C39H80N2O4/c1-4-7-9-11-13-15-17-19-21-23-25-29-33-43-36-38(37-45-39(42)35-41-32-28-27-31-40-6-3)44-34-30-26-24-22-20-18-16-14-12-10-8-5-2/h38,40-41H,4-37H2,1-3H3. The first-order valence-corrected chi connectivity index (χ1v) is 20.0. The van der Waals surface area contributed by atoms with Gasteiger partial charge in [0.15, 0.2) is 0 Å². The molecule has 0 aliphatic carbocycles. The minimum atomic E-state index is -0.207. The summed E-state index contributed by atoms with van der Waals surface area (Å²) in [6.45, 7) is 12.1. The van der Waals surface area contributed by atoms with Crippen molar-refractivity contribution in [1.29, 1.82) is 0 Å². The van der Waals surface area contributed by atoms with Crippen LogP contribution in [0.4, 0.5) is 0 Å². The van der Waals surface area contributed by atoms with Crippen LogP contribution in [-0.2, 0) is 19.0 Å². The summed E-state index contributed by atoms with van der Waals surface area (Å²) in [7, 11) is 0. The van der Waals surface area contributed by atoms with Crippen molar-refractivity contribution in [3.8, 4) is 0 Å². The Bertz CT molecular complexity index is 563. The van der Waals surface area contributed by atoms with E-state index in [-0.39, 0.29) is 25.2 Å². The van der Waals surface area contributed by atoms with Crippen molar-refractivity contribution in [3.05, 3.63) is 0 Å². The Kier molecular flexibility index (Phi) is 38.9. The van der Waals surface area contributed by atoms with E-state index in [0.717, 1.165) is 51.9 Å². The van der Waals surface area contributed by atoms with E-state index < -0.39 is 0 Å². The molecule has 0 fully saturated rings. The van der Waals surface area contributed by atoms with E-state index in [0.29, 0.717) is 13.2 Å². The van der Waals surface area contributed by atoms with E-state index in [9.17, 15) is 4.79 Å². The first-order chi connectivity index (χ1) is 22.2. The zero-order valence-electron chi connectivity index (χ0n) is 30.8. The van der Waals surface area contributed by atoms with Crippen LogP contribution in [-0.4, -0.2) is 64.7 Å². The molecule has 0 aliphatic rings. The van der Waals surface area contributed by atoms with Gasteiger partial charge >= 0.3 is 5.97 Å². The third-order valence-electron chi connectivity index (χ3n) is 8.70. The first-order valence-electron chi connectivity index (χ1n) is 20.0. The predicted molar refractivity (Wildman–Crippen MR) is 194 cm³/mol. The van der Waals surface area contributed by atoms with Gasteiger partial charge in [-0.05, 0) is 45.3 Å². The Morgan fingerprint density at radius 1 is 0.489 bits per heavy atom. The van der Waals surface area contributed by atoms with E-state index in [2.05, 4.69) is 31.4 Å². The van der Waals surface area contributed by atoms with Gasteiger partial charge in [-0.1, -0.05) is 162 Å². The maximum Gasteiger partial charge on any atom is 0.320 e. The second-order valence-corrected chi connectivity index (χ2v) is 13.3.